The molecule has 0 saturated carbocycles. The first-order valence-electron chi connectivity index (χ1n) is 16.5. The maximum absolute atomic E-state index is 13.7. The maximum Gasteiger partial charge on any atom is 0.286 e. The molecule has 0 bridgehead atoms. The monoisotopic (exact) mass is 665 g/mol. The minimum absolute atomic E-state index is 0.257. The fourth-order valence-corrected chi connectivity index (χ4v) is 9.13. The molecule has 2 fully saturated rings. The van der Waals surface area contributed by atoms with Crippen molar-refractivity contribution in [2.24, 2.45) is 10.9 Å². The van der Waals surface area contributed by atoms with Crippen LogP contribution in [0.25, 0.3) is 23.0 Å². The summed E-state index contributed by atoms with van der Waals surface area (Å²) in [5.41, 5.74) is 4.26. The number of sulfonamides is 1. The van der Waals surface area contributed by atoms with Crippen LogP contribution in [0.2, 0.25) is 0 Å². The molecule has 2 saturated heterocycles. The summed E-state index contributed by atoms with van der Waals surface area (Å²) in [6, 6.07) is 27.4. The number of para-hydroxylation sites is 1. The van der Waals surface area contributed by atoms with Crippen molar-refractivity contribution < 1.29 is 13.2 Å². The average molecular weight is 666 g/mol. The Bertz CT molecular complexity index is 1890. The lowest BCUT2D eigenvalue weighted by Gasteiger charge is -2.32. The number of hydrogen-bond acceptors (Lipinski definition) is 6. The second kappa shape index (κ2) is 14.0. The molecule has 242 valence electrons. The molecule has 1 amide bonds. The number of aliphatic imine (C=N–C) groups is 1. The van der Waals surface area contributed by atoms with E-state index in [1.807, 2.05) is 48.7 Å². The number of amidine groups is 1. The molecule has 7 rings (SSSR count). The Morgan fingerprint density at radius 2 is 1.53 bits per heavy atom. The van der Waals surface area contributed by atoms with Crippen molar-refractivity contribution in [2.75, 3.05) is 26.2 Å². The van der Waals surface area contributed by atoms with E-state index in [1.165, 1.54) is 17.3 Å². The van der Waals surface area contributed by atoms with Gasteiger partial charge in [0.25, 0.3) is 5.91 Å². The third kappa shape index (κ3) is 7.15. The predicted molar refractivity (Wildman–Crippen MR) is 189 cm³/mol. The first-order valence-corrected chi connectivity index (χ1v) is 18.8. The molecule has 1 aromatic heterocycles. The molecular weight excluding hydrogens is 627 g/mol. The lowest BCUT2D eigenvalue weighted by atomic mass is 9.90. The molecule has 4 aromatic rings. The number of carbonyl (C=O) groups excluding carboxylic acids is 1. The Balaban J connectivity index is 1.14. The van der Waals surface area contributed by atoms with E-state index in [9.17, 15) is 13.2 Å². The molecule has 8 nitrogen and oxygen atoms in total. The van der Waals surface area contributed by atoms with Crippen molar-refractivity contribution in [2.45, 2.75) is 49.8 Å². The van der Waals surface area contributed by atoms with Crippen molar-refractivity contribution >= 4 is 38.9 Å². The number of carbonyl (C=O) groups is 1. The van der Waals surface area contributed by atoms with E-state index in [0.29, 0.717) is 35.2 Å². The van der Waals surface area contributed by atoms with Crippen LogP contribution in [0.3, 0.4) is 0 Å². The van der Waals surface area contributed by atoms with Gasteiger partial charge in [0, 0.05) is 43.5 Å². The summed E-state index contributed by atoms with van der Waals surface area (Å²) in [4.78, 5) is 20.7. The van der Waals surface area contributed by atoms with Crippen LogP contribution in [0.15, 0.2) is 106 Å². The van der Waals surface area contributed by atoms with Gasteiger partial charge in [-0.3, -0.25) is 4.79 Å². The van der Waals surface area contributed by atoms with Crippen molar-refractivity contribution in [3.8, 4) is 16.9 Å². The summed E-state index contributed by atoms with van der Waals surface area (Å²) in [5.74, 6) is 0.365. The number of hydrogen-bond donors (Lipinski definition) is 0. The number of thioether (sulfide) groups is 1. The fraction of sp³-hybridized carbons (Fsp3) is 0.324. The van der Waals surface area contributed by atoms with E-state index in [4.69, 9.17) is 5.10 Å². The Labute approximate surface area is 281 Å². The van der Waals surface area contributed by atoms with Gasteiger partial charge >= 0.3 is 0 Å². The van der Waals surface area contributed by atoms with Gasteiger partial charge < -0.3 is 4.90 Å². The van der Waals surface area contributed by atoms with Crippen LogP contribution in [0.5, 0.6) is 0 Å². The summed E-state index contributed by atoms with van der Waals surface area (Å²) < 4.78 is 30.7. The van der Waals surface area contributed by atoms with E-state index in [2.05, 4.69) is 40.2 Å². The number of piperidine rings is 1. The summed E-state index contributed by atoms with van der Waals surface area (Å²) >= 11 is 1.41. The molecule has 4 heterocycles. The molecule has 3 aliphatic rings. The SMILES string of the molecule is O=C1N=C(N2CCC(Cc3ccccc3)CC2)S/C1=C\c1cn(-c2ccccc2)nc1-c1cccc(S(=O)(=O)N2CCCCCC2)c1. The van der Waals surface area contributed by atoms with Gasteiger partial charge in [0.1, 0.15) is 5.69 Å². The maximum atomic E-state index is 13.7. The van der Waals surface area contributed by atoms with Crippen LogP contribution < -0.4 is 0 Å². The van der Waals surface area contributed by atoms with E-state index in [1.54, 1.807) is 27.2 Å². The Hall–Kier alpha value is -3.99. The molecule has 0 unspecified atom stereocenters. The summed E-state index contributed by atoms with van der Waals surface area (Å²) in [6.07, 6.45) is 10.8. The van der Waals surface area contributed by atoms with E-state index in [-0.39, 0.29) is 10.8 Å². The van der Waals surface area contributed by atoms with Crippen LogP contribution in [0, 0.1) is 5.92 Å². The van der Waals surface area contributed by atoms with Crippen LogP contribution in [-0.4, -0.2) is 64.7 Å². The highest BCUT2D eigenvalue weighted by Crippen LogP contribution is 2.35. The largest absolute Gasteiger partial charge is 0.351 e. The summed E-state index contributed by atoms with van der Waals surface area (Å²) in [5, 5.41) is 5.67. The molecule has 10 heteroatoms. The van der Waals surface area contributed by atoms with Crippen LogP contribution in [-0.2, 0) is 21.2 Å². The standard InChI is InChI=1S/C37H39N5O3S2/c43-36-34(46-37(38-36)40-22-18-29(19-23-40)24-28-12-5-3-6-13-28)26-31-27-42(32-15-7-4-8-16-32)39-35(31)30-14-11-17-33(25-30)47(44,45)41-20-9-1-2-10-21-41/h3-8,11-17,25-27,29H,1-2,9-10,18-24H2/b34-26-. The van der Waals surface area contributed by atoms with Gasteiger partial charge in [0.05, 0.1) is 15.5 Å². The van der Waals surface area contributed by atoms with Crippen molar-refractivity contribution in [3.63, 3.8) is 0 Å². The lowest BCUT2D eigenvalue weighted by molar-refractivity contribution is -0.113. The third-order valence-corrected chi connectivity index (χ3v) is 12.2. The zero-order valence-corrected chi connectivity index (χ0v) is 28.0. The average Bonchev–Trinajstić information content (AvgIpc) is 3.57. The second-order valence-electron chi connectivity index (χ2n) is 12.5. The van der Waals surface area contributed by atoms with Crippen LogP contribution in [0.4, 0.5) is 0 Å². The van der Waals surface area contributed by atoms with Crippen LogP contribution >= 0.6 is 11.8 Å². The highest BCUT2D eigenvalue weighted by Gasteiger charge is 2.30. The van der Waals surface area contributed by atoms with Gasteiger partial charge in [0.15, 0.2) is 5.17 Å². The minimum Gasteiger partial charge on any atom is -0.351 e. The number of benzene rings is 3. The summed E-state index contributed by atoms with van der Waals surface area (Å²) in [6.45, 7) is 2.83. The Morgan fingerprint density at radius 3 is 2.26 bits per heavy atom. The van der Waals surface area contributed by atoms with Gasteiger partial charge in [-0.15, -0.1) is 0 Å². The van der Waals surface area contributed by atoms with Crippen molar-refractivity contribution in [3.05, 3.63) is 107 Å². The Kier molecular flexibility index (Phi) is 9.42. The number of nitrogens with zero attached hydrogens (tertiary/aromatic N) is 5. The molecule has 47 heavy (non-hydrogen) atoms. The fourth-order valence-electron chi connectivity index (χ4n) is 6.62. The van der Waals surface area contributed by atoms with Crippen molar-refractivity contribution in [1.29, 1.82) is 0 Å². The number of aromatic nitrogens is 2. The zero-order valence-electron chi connectivity index (χ0n) is 26.4. The third-order valence-electron chi connectivity index (χ3n) is 9.22. The molecular formula is C37H39N5O3S2. The van der Waals surface area contributed by atoms with Crippen LogP contribution in [0.1, 0.15) is 49.7 Å². The minimum atomic E-state index is -3.65. The molecule has 0 atom stereocenters. The smallest absolute Gasteiger partial charge is 0.286 e. The first-order chi connectivity index (χ1) is 22.9. The highest BCUT2D eigenvalue weighted by molar-refractivity contribution is 8.18. The Morgan fingerprint density at radius 1 is 0.830 bits per heavy atom. The quantitative estimate of drug-likeness (QED) is 0.197. The van der Waals surface area contributed by atoms with E-state index < -0.39 is 10.0 Å². The van der Waals surface area contributed by atoms with Gasteiger partial charge in [-0.1, -0.05) is 73.5 Å². The van der Waals surface area contributed by atoms with Gasteiger partial charge in [-0.05, 0) is 85.7 Å². The molecule has 0 N–H and O–H groups in total. The molecule has 3 aliphatic heterocycles. The first kappa shape index (κ1) is 31.6. The van der Waals surface area contributed by atoms with Gasteiger partial charge in [-0.25, -0.2) is 13.1 Å². The highest BCUT2D eigenvalue weighted by atomic mass is 32.2. The predicted octanol–water partition coefficient (Wildman–Crippen LogP) is 7.03. The number of rotatable bonds is 7. The number of likely N-dealkylation sites (tertiary alicyclic amines) is 1. The molecule has 3 aromatic carbocycles. The van der Waals surface area contributed by atoms with Crippen molar-refractivity contribution in [1.82, 2.24) is 19.0 Å². The van der Waals surface area contributed by atoms with Gasteiger partial charge in [0.2, 0.25) is 10.0 Å². The molecule has 0 radical (unpaired) electrons. The lowest BCUT2D eigenvalue weighted by Crippen LogP contribution is -2.37. The van der Waals surface area contributed by atoms with Gasteiger partial charge in [-0.2, -0.15) is 14.4 Å². The molecule has 0 spiro atoms. The number of amides is 1. The molecule has 0 aliphatic carbocycles. The second-order valence-corrected chi connectivity index (χ2v) is 15.4. The zero-order chi connectivity index (χ0) is 32.2. The topological polar surface area (TPSA) is 87.9 Å². The van der Waals surface area contributed by atoms with E-state index >= 15 is 0 Å². The summed E-state index contributed by atoms with van der Waals surface area (Å²) in [7, 11) is -3.65. The normalized spacial score (nSPS) is 19.2. The van der Waals surface area contributed by atoms with E-state index in [0.717, 1.165) is 74.5 Å².